The van der Waals surface area contributed by atoms with Crippen LogP contribution < -0.4 is 9.88 Å². The average Bonchev–Trinajstić information content (AvgIpc) is 3.19. The first-order chi connectivity index (χ1) is 12.5. The number of carbonyl (C=O) groups excluding carboxylic acids is 1. The molecule has 2 fully saturated rings. The molecule has 0 aromatic carbocycles. The molecule has 2 saturated carbocycles. The Bertz CT molecular complexity index is 909. The van der Waals surface area contributed by atoms with E-state index in [2.05, 4.69) is 34.3 Å². The number of nitrogens with one attached hydrogen (secondary N) is 2. The Hall–Kier alpha value is -2.42. The maximum absolute atomic E-state index is 13.0. The van der Waals surface area contributed by atoms with E-state index in [1.165, 1.54) is 12.8 Å². The van der Waals surface area contributed by atoms with Crippen LogP contribution in [0.3, 0.4) is 0 Å². The fourth-order valence-electron chi connectivity index (χ4n) is 4.24. The molecule has 0 spiro atoms. The van der Waals surface area contributed by atoms with Crippen molar-refractivity contribution in [3.63, 3.8) is 0 Å². The van der Waals surface area contributed by atoms with Gasteiger partial charge in [0.1, 0.15) is 23.4 Å². The zero-order valence-electron chi connectivity index (χ0n) is 15.8. The van der Waals surface area contributed by atoms with Crippen LogP contribution in [0.5, 0.6) is 0 Å². The van der Waals surface area contributed by atoms with Crippen LogP contribution in [0.15, 0.2) is 12.4 Å². The van der Waals surface area contributed by atoms with Gasteiger partial charge in [0.25, 0.3) is 19.0 Å². The third-order valence-corrected chi connectivity index (χ3v) is 6.00. The lowest BCUT2D eigenvalue weighted by Crippen LogP contribution is -2.44. The first-order valence-electron chi connectivity index (χ1n) is 9.58. The van der Waals surface area contributed by atoms with Crippen LogP contribution in [-0.2, 0) is 7.05 Å². The van der Waals surface area contributed by atoms with Gasteiger partial charge in [0.05, 0.1) is 12.7 Å². The van der Waals surface area contributed by atoms with Gasteiger partial charge in [-0.3, -0.25) is 4.79 Å². The quantitative estimate of drug-likeness (QED) is 0.830. The molecule has 136 valence electrons. The van der Waals surface area contributed by atoms with Gasteiger partial charge in [-0.1, -0.05) is 17.7 Å². The number of aromatic nitrogens is 3. The summed E-state index contributed by atoms with van der Waals surface area (Å²) in [4.78, 5) is 25.2. The van der Waals surface area contributed by atoms with Gasteiger partial charge in [0.15, 0.2) is 5.52 Å². The fourth-order valence-corrected chi connectivity index (χ4v) is 4.24. The van der Waals surface area contributed by atoms with Gasteiger partial charge in [-0.05, 0) is 32.6 Å². The second-order valence-electron chi connectivity index (χ2n) is 7.84. The highest BCUT2D eigenvalue weighted by Gasteiger charge is 2.44. The standard InChI is InChI=1S/C20H25N5O/c1-13(20(12-21-2)8-4-5-9-20)23-19(26)15-10-22-18-17(15)24-16(11-25(18)3)14-6-7-14/h10-11,13-14H,4-9H2,1-3H3/p+2. The summed E-state index contributed by atoms with van der Waals surface area (Å²) in [6.07, 6.45) is 10.6. The highest BCUT2D eigenvalue weighted by Crippen LogP contribution is 2.41. The average molecular weight is 353 g/mol. The molecule has 1 atom stereocenters. The number of rotatable bonds is 4. The molecule has 0 saturated heterocycles. The number of aromatic amines is 1. The van der Waals surface area contributed by atoms with Crippen molar-refractivity contribution in [1.29, 1.82) is 0 Å². The smallest absolute Gasteiger partial charge is 0.306 e. The zero-order chi connectivity index (χ0) is 18.3. The lowest BCUT2D eigenvalue weighted by atomic mass is 9.80. The van der Waals surface area contributed by atoms with E-state index in [1.54, 1.807) is 13.2 Å². The second-order valence-corrected chi connectivity index (χ2v) is 7.84. The topological polar surface area (TPSA) is 66.0 Å². The molecule has 2 aromatic heterocycles. The number of fused-ring (bicyclic) bond motifs is 1. The summed E-state index contributed by atoms with van der Waals surface area (Å²) in [5, 5.41) is 3.20. The predicted molar refractivity (Wildman–Crippen MR) is 100 cm³/mol. The van der Waals surface area contributed by atoms with Gasteiger partial charge in [-0.2, -0.15) is 0 Å². The Morgan fingerprint density at radius 3 is 2.85 bits per heavy atom. The number of H-pyrrole nitrogens is 1. The van der Waals surface area contributed by atoms with Crippen LogP contribution in [-0.4, -0.2) is 29.0 Å². The van der Waals surface area contributed by atoms with E-state index in [4.69, 9.17) is 4.98 Å². The fraction of sp³-hybridized carbons (Fsp3) is 0.600. The molecular weight excluding hydrogens is 326 g/mol. The van der Waals surface area contributed by atoms with Gasteiger partial charge >= 0.3 is 5.65 Å². The van der Waals surface area contributed by atoms with Crippen LogP contribution in [0.1, 0.15) is 67.4 Å². The van der Waals surface area contributed by atoms with Crippen LogP contribution in [0.2, 0.25) is 0 Å². The summed E-state index contributed by atoms with van der Waals surface area (Å²) in [5.74, 6) is 0.473. The van der Waals surface area contributed by atoms with Gasteiger partial charge in [0.2, 0.25) is 0 Å². The van der Waals surface area contributed by atoms with Crippen LogP contribution >= 0.6 is 0 Å². The monoisotopic (exact) mass is 353 g/mol. The summed E-state index contributed by atoms with van der Waals surface area (Å²) in [6.45, 7) is 2.07. The van der Waals surface area contributed by atoms with E-state index < -0.39 is 0 Å². The van der Waals surface area contributed by atoms with Crippen LogP contribution in [0.4, 0.5) is 0 Å². The summed E-state index contributed by atoms with van der Waals surface area (Å²) in [7, 11) is 3.76. The second kappa shape index (κ2) is 6.39. The molecule has 4 rings (SSSR count). The maximum Gasteiger partial charge on any atom is 0.306 e. The molecule has 2 heterocycles. The lowest BCUT2D eigenvalue weighted by Gasteiger charge is -2.26. The normalized spacial score (nSPS) is 19.8. The Balaban J connectivity index is 1.62. The van der Waals surface area contributed by atoms with Crippen molar-refractivity contribution in [2.24, 2.45) is 12.5 Å². The van der Waals surface area contributed by atoms with Gasteiger partial charge in [-0.15, -0.1) is 0 Å². The molecule has 2 aliphatic rings. The molecule has 0 radical (unpaired) electrons. The van der Waals surface area contributed by atoms with Gasteiger partial charge in [-0.25, -0.2) is 14.5 Å². The van der Waals surface area contributed by atoms with Crippen molar-refractivity contribution in [3.8, 4) is 6.07 Å². The Morgan fingerprint density at radius 2 is 2.19 bits per heavy atom. The number of carbonyl (C=O) groups is 1. The van der Waals surface area contributed by atoms with Crippen molar-refractivity contribution in [2.75, 3.05) is 7.05 Å². The molecule has 2 aromatic rings. The highest BCUT2D eigenvalue weighted by molar-refractivity contribution is 6.04. The number of hydrogen-bond acceptors (Lipinski definition) is 2. The Labute approximate surface area is 153 Å². The Morgan fingerprint density at radius 1 is 1.46 bits per heavy atom. The third-order valence-electron chi connectivity index (χ3n) is 6.00. The molecule has 1 unspecified atom stereocenters. The molecular formula is C20H27N5O+2. The number of hydrogen-bond donors (Lipinski definition) is 2. The summed E-state index contributed by atoms with van der Waals surface area (Å²) in [6, 6.07) is 3.26. The van der Waals surface area contributed by atoms with E-state index in [9.17, 15) is 4.79 Å². The van der Waals surface area contributed by atoms with Crippen LogP contribution in [0, 0.1) is 11.5 Å². The molecule has 0 aliphatic heterocycles. The third kappa shape index (κ3) is 2.86. The van der Waals surface area contributed by atoms with E-state index >= 15 is 0 Å². The van der Waals surface area contributed by atoms with Crippen LogP contribution in [0.25, 0.3) is 16.0 Å². The van der Waals surface area contributed by atoms with E-state index in [-0.39, 0.29) is 17.4 Å². The SMILES string of the molecule is C[N+]#CC1(C(C)NC(=O)c2c[nH]c3c2nc(C2CC2)c[n+]3C)CCCC1. The molecule has 0 bridgehead atoms. The van der Waals surface area contributed by atoms with Crippen molar-refractivity contribution < 1.29 is 9.36 Å². The number of amides is 1. The van der Waals surface area contributed by atoms with Crippen molar-refractivity contribution in [1.82, 2.24) is 15.3 Å². The highest BCUT2D eigenvalue weighted by atomic mass is 16.1. The van der Waals surface area contributed by atoms with Gasteiger partial charge in [0, 0.05) is 12.0 Å². The Kier molecular flexibility index (Phi) is 4.18. The minimum atomic E-state index is -0.145. The first kappa shape index (κ1) is 17.0. The minimum Gasteiger partial charge on any atom is -0.348 e. The lowest BCUT2D eigenvalue weighted by molar-refractivity contribution is -0.647. The van der Waals surface area contributed by atoms with E-state index in [0.29, 0.717) is 11.5 Å². The largest absolute Gasteiger partial charge is 0.348 e. The van der Waals surface area contributed by atoms with Crippen molar-refractivity contribution >= 4 is 17.1 Å². The minimum absolute atomic E-state index is 0.00786. The first-order valence-corrected chi connectivity index (χ1v) is 9.58. The molecule has 26 heavy (non-hydrogen) atoms. The molecule has 1 amide bonds. The van der Waals surface area contributed by atoms with E-state index in [0.717, 1.165) is 42.5 Å². The van der Waals surface area contributed by atoms with Gasteiger partial charge < -0.3 is 5.32 Å². The zero-order valence-corrected chi connectivity index (χ0v) is 15.8. The summed E-state index contributed by atoms with van der Waals surface area (Å²) < 4.78 is 2.03. The summed E-state index contributed by atoms with van der Waals surface area (Å²) >= 11 is 0. The maximum atomic E-state index is 13.0. The summed E-state index contributed by atoms with van der Waals surface area (Å²) in [5.41, 5.74) is 3.19. The number of nitrogens with zero attached hydrogens (tertiary/aromatic N) is 3. The predicted octanol–water partition coefficient (Wildman–Crippen LogP) is 2.91. The molecule has 6 heteroatoms. The van der Waals surface area contributed by atoms with Crippen molar-refractivity contribution in [2.45, 2.75) is 57.4 Å². The molecule has 6 nitrogen and oxygen atoms in total. The molecule has 2 aliphatic carbocycles. The van der Waals surface area contributed by atoms with Crippen molar-refractivity contribution in [3.05, 3.63) is 28.5 Å². The molecule has 2 N–H and O–H groups in total. The number of aryl methyl sites for hydroxylation is 1. The van der Waals surface area contributed by atoms with E-state index in [1.807, 2.05) is 11.6 Å².